The van der Waals surface area contributed by atoms with Crippen LogP contribution < -0.4 is 14.8 Å². The van der Waals surface area contributed by atoms with Gasteiger partial charge in [-0.2, -0.15) is 5.26 Å². The van der Waals surface area contributed by atoms with Gasteiger partial charge in [0, 0.05) is 18.7 Å². The van der Waals surface area contributed by atoms with Gasteiger partial charge in [0.2, 0.25) is 0 Å². The molecule has 0 fully saturated rings. The van der Waals surface area contributed by atoms with Gasteiger partial charge < -0.3 is 24.8 Å². The molecule has 2 rings (SSSR count). The average Bonchev–Trinajstić information content (AvgIpc) is 2.69. The SMILES string of the molecule is COc1ccccc1[C@@H](CNC[C@@H](O)COc1ccc(C#N)cc1)N(C)C. The molecule has 0 unspecified atom stereocenters. The summed E-state index contributed by atoms with van der Waals surface area (Å²) in [5.74, 6) is 1.48. The fourth-order valence-electron chi connectivity index (χ4n) is 2.78. The third kappa shape index (κ3) is 6.26. The van der Waals surface area contributed by atoms with E-state index in [0.29, 0.717) is 24.4 Å². The molecule has 0 saturated carbocycles. The van der Waals surface area contributed by atoms with Crippen molar-refractivity contribution in [1.82, 2.24) is 10.2 Å². The average molecular weight is 369 g/mol. The molecule has 0 radical (unpaired) electrons. The van der Waals surface area contributed by atoms with E-state index in [1.54, 1.807) is 31.4 Å². The highest BCUT2D eigenvalue weighted by Gasteiger charge is 2.18. The highest BCUT2D eigenvalue weighted by atomic mass is 16.5. The van der Waals surface area contributed by atoms with E-state index in [0.717, 1.165) is 11.3 Å². The first-order valence-corrected chi connectivity index (χ1v) is 8.86. The second kappa shape index (κ2) is 10.5. The summed E-state index contributed by atoms with van der Waals surface area (Å²) in [5, 5.41) is 22.2. The van der Waals surface area contributed by atoms with E-state index in [-0.39, 0.29) is 12.6 Å². The molecule has 6 heteroatoms. The Kier molecular flexibility index (Phi) is 8.08. The number of nitrogens with one attached hydrogen (secondary N) is 1. The van der Waals surface area contributed by atoms with Gasteiger partial charge in [0.05, 0.1) is 24.8 Å². The van der Waals surface area contributed by atoms with Crippen LogP contribution in [0.4, 0.5) is 0 Å². The van der Waals surface area contributed by atoms with Gasteiger partial charge in [0.25, 0.3) is 0 Å². The topological polar surface area (TPSA) is 77.7 Å². The Morgan fingerprint density at radius 1 is 1.11 bits per heavy atom. The number of nitriles is 1. The van der Waals surface area contributed by atoms with Crippen LogP contribution in [0.25, 0.3) is 0 Å². The third-order valence-corrected chi connectivity index (χ3v) is 4.26. The number of benzene rings is 2. The maximum atomic E-state index is 10.2. The lowest BCUT2D eigenvalue weighted by Crippen LogP contribution is -2.37. The smallest absolute Gasteiger partial charge is 0.123 e. The van der Waals surface area contributed by atoms with Crippen LogP contribution in [-0.4, -0.2) is 57.0 Å². The molecular weight excluding hydrogens is 342 g/mol. The minimum atomic E-state index is -0.638. The zero-order chi connectivity index (χ0) is 19.6. The molecule has 0 aliphatic heterocycles. The predicted molar refractivity (Wildman–Crippen MR) is 105 cm³/mol. The molecule has 2 atom stereocenters. The van der Waals surface area contributed by atoms with Crippen LogP contribution in [0.15, 0.2) is 48.5 Å². The van der Waals surface area contributed by atoms with E-state index in [4.69, 9.17) is 14.7 Å². The Bertz CT molecular complexity index is 741. The van der Waals surface area contributed by atoms with Crippen molar-refractivity contribution in [2.45, 2.75) is 12.1 Å². The molecule has 144 valence electrons. The van der Waals surface area contributed by atoms with Gasteiger partial charge in [0.1, 0.15) is 24.2 Å². The van der Waals surface area contributed by atoms with Crippen molar-refractivity contribution >= 4 is 0 Å². The fourth-order valence-corrected chi connectivity index (χ4v) is 2.78. The molecule has 0 aliphatic carbocycles. The summed E-state index contributed by atoms with van der Waals surface area (Å²) in [7, 11) is 5.70. The van der Waals surface area contributed by atoms with Gasteiger partial charge in [0.15, 0.2) is 0 Å². The minimum Gasteiger partial charge on any atom is -0.496 e. The number of para-hydroxylation sites is 1. The van der Waals surface area contributed by atoms with Gasteiger partial charge >= 0.3 is 0 Å². The van der Waals surface area contributed by atoms with Crippen molar-refractivity contribution in [3.63, 3.8) is 0 Å². The minimum absolute atomic E-state index is 0.118. The Balaban J connectivity index is 1.82. The van der Waals surface area contributed by atoms with Crippen LogP contribution in [-0.2, 0) is 0 Å². The van der Waals surface area contributed by atoms with Crippen LogP contribution in [0.1, 0.15) is 17.2 Å². The second-order valence-electron chi connectivity index (χ2n) is 6.48. The predicted octanol–water partition coefficient (Wildman–Crippen LogP) is 2.20. The molecule has 0 heterocycles. The summed E-state index contributed by atoms with van der Waals surface area (Å²) >= 11 is 0. The fraction of sp³-hybridized carbons (Fsp3) is 0.381. The summed E-state index contributed by atoms with van der Waals surface area (Å²) in [5.41, 5.74) is 1.68. The number of hydrogen-bond donors (Lipinski definition) is 2. The summed E-state index contributed by atoms with van der Waals surface area (Å²) in [6.07, 6.45) is -0.638. The monoisotopic (exact) mass is 369 g/mol. The van der Waals surface area contributed by atoms with Crippen molar-refractivity contribution in [2.24, 2.45) is 0 Å². The van der Waals surface area contributed by atoms with E-state index < -0.39 is 6.10 Å². The van der Waals surface area contributed by atoms with Crippen molar-refractivity contribution in [3.05, 3.63) is 59.7 Å². The Morgan fingerprint density at radius 2 is 1.81 bits per heavy atom. The lowest BCUT2D eigenvalue weighted by molar-refractivity contribution is 0.104. The Morgan fingerprint density at radius 3 is 2.44 bits per heavy atom. The first kappa shape index (κ1) is 20.7. The Labute approximate surface area is 160 Å². The number of nitrogens with zero attached hydrogens (tertiary/aromatic N) is 2. The van der Waals surface area contributed by atoms with E-state index in [9.17, 15) is 5.11 Å². The van der Waals surface area contributed by atoms with Crippen molar-refractivity contribution < 1.29 is 14.6 Å². The third-order valence-electron chi connectivity index (χ3n) is 4.26. The molecular formula is C21H27N3O3. The summed E-state index contributed by atoms with van der Waals surface area (Å²) in [6, 6.07) is 17.0. The molecule has 6 nitrogen and oxygen atoms in total. The van der Waals surface area contributed by atoms with Crippen LogP contribution >= 0.6 is 0 Å². The molecule has 0 amide bonds. The van der Waals surface area contributed by atoms with Crippen molar-refractivity contribution in [3.8, 4) is 17.6 Å². The van der Waals surface area contributed by atoms with E-state index in [2.05, 4.69) is 22.4 Å². The van der Waals surface area contributed by atoms with Crippen LogP contribution in [0, 0.1) is 11.3 Å². The quantitative estimate of drug-likeness (QED) is 0.669. The van der Waals surface area contributed by atoms with Crippen molar-refractivity contribution in [1.29, 1.82) is 5.26 Å². The lowest BCUT2D eigenvalue weighted by Gasteiger charge is -2.27. The first-order chi connectivity index (χ1) is 13.0. The molecule has 0 saturated heterocycles. The second-order valence-corrected chi connectivity index (χ2v) is 6.48. The van der Waals surface area contributed by atoms with Crippen LogP contribution in [0.5, 0.6) is 11.5 Å². The van der Waals surface area contributed by atoms with E-state index in [1.807, 2.05) is 32.3 Å². The van der Waals surface area contributed by atoms with Crippen LogP contribution in [0.2, 0.25) is 0 Å². The molecule has 0 aliphatic rings. The van der Waals surface area contributed by atoms with E-state index >= 15 is 0 Å². The summed E-state index contributed by atoms with van der Waals surface area (Å²) < 4.78 is 11.0. The molecule has 0 bridgehead atoms. The first-order valence-electron chi connectivity index (χ1n) is 8.86. The number of aliphatic hydroxyl groups excluding tert-OH is 1. The van der Waals surface area contributed by atoms with E-state index in [1.165, 1.54) is 0 Å². The highest BCUT2D eigenvalue weighted by molar-refractivity contribution is 5.36. The lowest BCUT2D eigenvalue weighted by atomic mass is 10.0. The standard InChI is InChI=1S/C21H27N3O3/c1-24(2)20(19-6-4-5-7-21(19)26-3)14-23-13-17(25)15-27-18-10-8-16(12-22)9-11-18/h4-11,17,20,23,25H,13-15H2,1-3H3/t17-,20-/m1/s1. The highest BCUT2D eigenvalue weighted by Crippen LogP contribution is 2.27. The molecule has 2 aromatic rings. The number of methoxy groups -OCH3 is 1. The maximum Gasteiger partial charge on any atom is 0.123 e. The van der Waals surface area contributed by atoms with Gasteiger partial charge in [-0.15, -0.1) is 0 Å². The van der Waals surface area contributed by atoms with Gasteiger partial charge in [-0.05, 0) is 44.4 Å². The number of rotatable bonds is 10. The number of likely N-dealkylation sites (N-methyl/N-ethyl adjacent to an activating group) is 1. The summed E-state index contributed by atoms with van der Waals surface area (Å²) in [4.78, 5) is 2.12. The normalized spacial score (nSPS) is 13.0. The number of ether oxygens (including phenoxy) is 2. The van der Waals surface area contributed by atoms with Gasteiger partial charge in [-0.25, -0.2) is 0 Å². The molecule has 2 aromatic carbocycles. The molecule has 0 spiro atoms. The maximum absolute atomic E-state index is 10.2. The largest absolute Gasteiger partial charge is 0.496 e. The molecule has 0 aromatic heterocycles. The number of hydrogen-bond acceptors (Lipinski definition) is 6. The molecule has 27 heavy (non-hydrogen) atoms. The van der Waals surface area contributed by atoms with Crippen molar-refractivity contribution in [2.75, 3.05) is 40.9 Å². The Hall–Kier alpha value is -2.59. The number of aliphatic hydroxyl groups is 1. The zero-order valence-electron chi connectivity index (χ0n) is 16.1. The summed E-state index contributed by atoms with van der Waals surface area (Å²) in [6.45, 7) is 1.26. The van der Waals surface area contributed by atoms with Gasteiger partial charge in [-0.3, -0.25) is 0 Å². The zero-order valence-corrected chi connectivity index (χ0v) is 16.1. The molecule has 2 N–H and O–H groups in total. The van der Waals surface area contributed by atoms with Crippen LogP contribution in [0.3, 0.4) is 0 Å². The van der Waals surface area contributed by atoms with Gasteiger partial charge in [-0.1, -0.05) is 18.2 Å².